The zero-order chi connectivity index (χ0) is 16.8. The molecule has 0 spiro atoms. The Hall–Kier alpha value is -3.34. The van der Waals surface area contributed by atoms with Gasteiger partial charge in [-0.2, -0.15) is 0 Å². The average molecular weight is 320 g/mol. The summed E-state index contributed by atoms with van der Waals surface area (Å²) in [5.74, 6) is -1.36. The van der Waals surface area contributed by atoms with Crippen molar-refractivity contribution >= 4 is 28.6 Å². The molecule has 0 radical (unpaired) electrons. The molecule has 0 aliphatic heterocycles. The Balaban J connectivity index is 1.88. The molecule has 116 valence electrons. The van der Waals surface area contributed by atoms with Crippen LogP contribution in [0, 0.1) is 5.82 Å². The molecule has 0 bridgehead atoms. The molecular weight excluding hydrogens is 311 g/mol. The number of hydrogen-bond donors (Lipinski definition) is 0. The molecule has 0 amide bonds. The van der Waals surface area contributed by atoms with Crippen LogP contribution in [0.4, 0.5) is 4.39 Å². The summed E-state index contributed by atoms with van der Waals surface area (Å²) in [7, 11) is 0. The van der Waals surface area contributed by atoms with Crippen molar-refractivity contribution in [2.45, 2.75) is 0 Å². The number of fused-ring (bicyclic) bond motifs is 2. The van der Waals surface area contributed by atoms with E-state index in [9.17, 15) is 18.8 Å². The lowest BCUT2D eigenvalue weighted by atomic mass is 10.1. The lowest BCUT2D eigenvalue weighted by molar-refractivity contribution is 0.0990. The molecule has 1 heterocycles. The molecule has 0 saturated carbocycles. The second kappa shape index (κ2) is 5.09. The third kappa shape index (κ3) is 2.02. The van der Waals surface area contributed by atoms with Crippen LogP contribution in [0.2, 0.25) is 0 Å². The highest BCUT2D eigenvalue weighted by atomic mass is 19.1. The fourth-order valence-corrected chi connectivity index (χ4v) is 2.78. The topological polar surface area (TPSA) is 64.3 Å². The van der Waals surface area contributed by atoms with Crippen molar-refractivity contribution in [2.24, 2.45) is 0 Å². The molecule has 2 aromatic carbocycles. The summed E-state index contributed by atoms with van der Waals surface area (Å²) in [5.41, 5.74) is 0.306. The van der Waals surface area contributed by atoms with Gasteiger partial charge in [-0.1, -0.05) is 24.3 Å². The third-order valence-corrected chi connectivity index (χ3v) is 3.97. The van der Waals surface area contributed by atoms with Crippen LogP contribution in [-0.4, -0.2) is 11.6 Å². The van der Waals surface area contributed by atoms with Crippen molar-refractivity contribution in [3.05, 3.63) is 87.0 Å². The van der Waals surface area contributed by atoms with Gasteiger partial charge >= 0.3 is 0 Å². The lowest BCUT2D eigenvalue weighted by Crippen LogP contribution is -2.08. The van der Waals surface area contributed by atoms with Gasteiger partial charge in [-0.25, -0.2) is 4.39 Å². The van der Waals surface area contributed by atoms with Gasteiger partial charge in [0.05, 0.1) is 16.5 Å². The molecule has 1 aromatic heterocycles. The number of benzene rings is 2. The fraction of sp³-hybridized carbons (Fsp3) is 0. The second-order valence-electron chi connectivity index (χ2n) is 5.42. The zero-order valence-corrected chi connectivity index (χ0v) is 12.2. The number of rotatable bonds is 1. The largest absolute Gasteiger partial charge is 0.463 e. The summed E-state index contributed by atoms with van der Waals surface area (Å²) in [4.78, 5) is 37.2. The normalized spacial score (nSPS) is 13.5. The molecular formula is C19H9FO4. The van der Waals surface area contributed by atoms with Gasteiger partial charge in [0.25, 0.3) is 0 Å². The van der Waals surface area contributed by atoms with Gasteiger partial charge in [0.1, 0.15) is 17.7 Å². The Morgan fingerprint density at radius 3 is 2.25 bits per heavy atom. The number of allylic oxidation sites excluding steroid dienone is 1. The van der Waals surface area contributed by atoms with Crippen LogP contribution in [0.25, 0.3) is 17.0 Å². The van der Waals surface area contributed by atoms with Crippen LogP contribution in [-0.2, 0) is 0 Å². The van der Waals surface area contributed by atoms with E-state index in [-0.39, 0.29) is 22.1 Å². The summed E-state index contributed by atoms with van der Waals surface area (Å²) >= 11 is 0. The van der Waals surface area contributed by atoms with Crippen LogP contribution in [0.3, 0.4) is 0 Å². The van der Waals surface area contributed by atoms with Crippen molar-refractivity contribution in [3.63, 3.8) is 0 Å². The molecule has 0 N–H and O–H groups in total. The first-order chi connectivity index (χ1) is 11.6. The van der Waals surface area contributed by atoms with Gasteiger partial charge in [-0.15, -0.1) is 0 Å². The van der Waals surface area contributed by atoms with E-state index in [1.165, 1.54) is 12.1 Å². The van der Waals surface area contributed by atoms with Crippen LogP contribution in [0.15, 0.2) is 63.5 Å². The van der Waals surface area contributed by atoms with E-state index in [1.807, 2.05) is 0 Å². The van der Waals surface area contributed by atoms with Gasteiger partial charge in [-0.05, 0) is 18.2 Å². The number of hydrogen-bond acceptors (Lipinski definition) is 4. The first-order valence-corrected chi connectivity index (χ1v) is 7.17. The monoisotopic (exact) mass is 320 g/mol. The predicted molar refractivity (Wildman–Crippen MR) is 85.5 cm³/mol. The van der Waals surface area contributed by atoms with Crippen molar-refractivity contribution in [2.75, 3.05) is 0 Å². The maximum absolute atomic E-state index is 13.2. The molecule has 1 aliphatic carbocycles. The molecule has 5 heteroatoms. The maximum Gasteiger partial charge on any atom is 0.199 e. The van der Waals surface area contributed by atoms with Gasteiger partial charge < -0.3 is 4.42 Å². The van der Waals surface area contributed by atoms with E-state index in [2.05, 4.69) is 0 Å². The van der Waals surface area contributed by atoms with Gasteiger partial charge in [0.2, 0.25) is 0 Å². The average Bonchev–Trinajstić information content (AvgIpc) is 2.82. The van der Waals surface area contributed by atoms with Crippen LogP contribution >= 0.6 is 0 Å². The molecule has 1 aliphatic rings. The van der Waals surface area contributed by atoms with E-state index >= 15 is 0 Å². The molecule has 0 unspecified atom stereocenters. The molecule has 0 fully saturated rings. The Bertz CT molecular complexity index is 1080. The molecule has 3 aromatic rings. The molecule has 0 saturated heterocycles. The summed E-state index contributed by atoms with van der Waals surface area (Å²) in [6.45, 7) is 0. The van der Waals surface area contributed by atoms with Crippen LogP contribution in [0.5, 0.6) is 0 Å². The second-order valence-corrected chi connectivity index (χ2v) is 5.42. The van der Waals surface area contributed by atoms with E-state index in [0.717, 1.165) is 18.4 Å². The number of carbonyl (C=O) groups is 2. The highest BCUT2D eigenvalue weighted by Gasteiger charge is 2.32. The molecule has 4 nitrogen and oxygen atoms in total. The van der Waals surface area contributed by atoms with Crippen molar-refractivity contribution in [1.29, 1.82) is 0 Å². The summed E-state index contributed by atoms with van der Waals surface area (Å²) in [6.07, 6.45) is 2.36. The van der Waals surface area contributed by atoms with Crippen molar-refractivity contribution < 1.29 is 18.4 Å². The molecule has 24 heavy (non-hydrogen) atoms. The van der Waals surface area contributed by atoms with Crippen LogP contribution < -0.4 is 5.43 Å². The minimum absolute atomic E-state index is 0.0682. The van der Waals surface area contributed by atoms with E-state index in [1.54, 1.807) is 24.3 Å². The van der Waals surface area contributed by atoms with Crippen LogP contribution in [0.1, 0.15) is 26.3 Å². The van der Waals surface area contributed by atoms with E-state index < -0.39 is 22.8 Å². The van der Waals surface area contributed by atoms with Gasteiger partial charge in [0, 0.05) is 17.2 Å². The Morgan fingerprint density at radius 2 is 1.58 bits per heavy atom. The molecule has 4 rings (SSSR count). The standard InChI is InChI=1S/C19H9FO4/c20-11-5-6-14-16(8-11)24-9-10(17(14)21)7-15-18(22)12-3-1-2-4-13(12)19(15)23/h1-9H. The SMILES string of the molecule is O=C1C(=Cc2coc3cc(F)ccc3c2=O)C(=O)c2ccccc21. The summed E-state index contributed by atoms with van der Waals surface area (Å²) in [6, 6.07) is 10.1. The lowest BCUT2D eigenvalue weighted by Gasteiger charge is -1.99. The first-order valence-electron chi connectivity index (χ1n) is 7.17. The minimum atomic E-state index is -0.520. The third-order valence-electron chi connectivity index (χ3n) is 3.97. The number of ketones is 2. The predicted octanol–water partition coefficient (Wildman–Crippen LogP) is 3.39. The number of Topliss-reactive ketones (excluding diaryl/α,β-unsaturated/α-hetero) is 2. The van der Waals surface area contributed by atoms with Gasteiger partial charge in [-0.3, -0.25) is 14.4 Å². The Morgan fingerprint density at radius 1 is 0.917 bits per heavy atom. The first kappa shape index (κ1) is 14.3. The van der Waals surface area contributed by atoms with Gasteiger partial charge in [0.15, 0.2) is 17.0 Å². The number of halogens is 1. The summed E-state index contributed by atoms with van der Waals surface area (Å²) < 4.78 is 18.4. The Kier molecular flexibility index (Phi) is 3.03. The van der Waals surface area contributed by atoms with E-state index in [0.29, 0.717) is 11.1 Å². The quantitative estimate of drug-likeness (QED) is 0.509. The maximum atomic E-state index is 13.2. The minimum Gasteiger partial charge on any atom is -0.463 e. The van der Waals surface area contributed by atoms with E-state index in [4.69, 9.17) is 4.42 Å². The number of carbonyl (C=O) groups excluding carboxylic acids is 2. The zero-order valence-electron chi connectivity index (χ0n) is 12.2. The van der Waals surface area contributed by atoms with Crippen molar-refractivity contribution in [1.82, 2.24) is 0 Å². The fourth-order valence-electron chi connectivity index (χ4n) is 2.78. The highest BCUT2D eigenvalue weighted by Crippen LogP contribution is 2.27. The Labute approximate surface area is 134 Å². The van der Waals surface area contributed by atoms with Crippen molar-refractivity contribution in [3.8, 4) is 0 Å². The molecule has 0 atom stereocenters. The smallest absolute Gasteiger partial charge is 0.199 e. The highest BCUT2D eigenvalue weighted by molar-refractivity contribution is 6.41. The summed E-state index contributed by atoms with van der Waals surface area (Å²) in [5, 5.41) is 0.182.